The van der Waals surface area contributed by atoms with Crippen LogP contribution >= 0.6 is 11.8 Å². The molecule has 0 aromatic heterocycles. The first-order chi connectivity index (χ1) is 14.7. The van der Waals surface area contributed by atoms with Crippen LogP contribution < -0.4 is 5.32 Å². The molecule has 1 aliphatic heterocycles. The highest BCUT2D eigenvalue weighted by Gasteiger charge is 2.61. The Kier molecular flexibility index (Phi) is 6.44. The minimum Gasteiger partial charge on any atom is -0.350 e. The fraction of sp³-hybridized carbons (Fsp3) is 0.852. The van der Waals surface area contributed by atoms with E-state index in [9.17, 15) is 9.59 Å². The minimum atomic E-state index is -0.0281. The molecule has 4 rings (SSSR count). The van der Waals surface area contributed by atoms with Crippen molar-refractivity contribution in [3.63, 3.8) is 0 Å². The van der Waals surface area contributed by atoms with Crippen LogP contribution in [0.25, 0.3) is 0 Å². The van der Waals surface area contributed by atoms with Gasteiger partial charge in [0.15, 0.2) is 0 Å². The molecule has 0 bridgehead atoms. The van der Waals surface area contributed by atoms with E-state index in [1.165, 1.54) is 19.3 Å². The number of hydrogen-bond donors (Lipinski definition) is 1. The first kappa shape index (κ1) is 23.4. The Balaban J connectivity index is 1.54. The maximum Gasteiger partial charge on any atom is 0.224 e. The average molecular weight is 446 g/mol. The van der Waals surface area contributed by atoms with Gasteiger partial charge in [-0.15, -0.1) is 0 Å². The lowest BCUT2D eigenvalue weighted by Crippen LogP contribution is -2.56. The number of thioether (sulfide) groups is 1. The van der Waals surface area contributed by atoms with E-state index < -0.39 is 0 Å². The van der Waals surface area contributed by atoms with Gasteiger partial charge in [-0.2, -0.15) is 0 Å². The Labute approximate surface area is 194 Å². The summed E-state index contributed by atoms with van der Waals surface area (Å²) in [5.41, 5.74) is 0.249. The van der Waals surface area contributed by atoms with E-state index in [2.05, 4.69) is 46.0 Å². The third-order valence-corrected chi connectivity index (χ3v) is 11.7. The largest absolute Gasteiger partial charge is 0.350 e. The number of rotatable bonds is 6. The van der Waals surface area contributed by atoms with Crippen molar-refractivity contribution in [1.29, 1.82) is 0 Å². The molecule has 31 heavy (non-hydrogen) atoms. The fourth-order valence-electron chi connectivity index (χ4n) is 8.30. The predicted octanol–water partition coefficient (Wildman–Crippen LogP) is 6.52. The number of carbonyl (C=O) groups is 2. The second-order valence-electron chi connectivity index (χ2n) is 11.5. The number of amides is 1. The van der Waals surface area contributed by atoms with E-state index in [1.54, 1.807) is 11.8 Å². The van der Waals surface area contributed by atoms with Crippen molar-refractivity contribution in [2.75, 3.05) is 0 Å². The second-order valence-corrected chi connectivity index (χ2v) is 12.7. The van der Waals surface area contributed by atoms with Crippen LogP contribution in [0.5, 0.6) is 0 Å². The lowest BCUT2D eigenvalue weighted by atomic mass is 9.49. The summed E-state index contributed by atoms with van der Waals surface area (Å²) >= 11 is 1.58. The third kappa shape index (κ3) is 3.73. The second kappa shape index (κ2) is 8.54. The lowest BCUT2D eigenvalue weighted by Gasteiger charge is -2.58. The van der Waals surface area contributed by atoms with Gasteiger partial charge in [0, 0.05) is 22.1 Å². The van der Waals surface area contributed by atoms with Gasteiger partial charge < -0.3 is 5.32 Å². The molecule has 0 aromatic carbocycles. The van der Waals surface area contributed by atoms with Crippen LogP contribution in [0.4, 0.5) is 0 Å². The average Bonchev–Trinajstić information content (AvgIpc) is 3.11. The lowest BCUT2D eigenvalue weighted by molar-refractivity contribution is -0.134. The topological polar surface area (TPSA) is 46.2 Å². The molecule has 1 amide bonds. The number of nitrogens with one attached hydrogen (secondary N) is 1. The Bertz CT molecular complexity index is 744. The van der Waals surface area contributed by atoms with Crippen LogP contribution in [-0.4, -0.2) is 21.8 Å². The van der Waals surface area contributed by atoms with E-state index in [0.29, 0.717) is 28.9 Å². The third-order valence-electron chi connectivity index (χ3n) is 10.3. The van der Waals surface area contributed by atoms with Gasteiger partial charge in [0.2, 0.25) is 11.0 Å². The molecular formula is C27H43NO2S. The molecule has 0 radical (unpaired) electrons. The van der Waals surface area contributed by atoms with Crippen LogP contribution in [-0.2, 0) is 9.59 Å². The molecule has 0 spiro atoms. The van der Waals surface area contributed by atoms with Gasteiger partial charge in [0.25, 0.3) is 0 Å². The summed E-state index contributed by atoms with van der Waals surface area (Å²) in [4.78, 5) is 25.7. The molecule has 174 valence electrons. The smallest absolute Gasteiger partial charge is 0.224 e. The molecule has 4 heteroatoms. The monoisotopic (exact) mass is 445 g/mol. The summed E-state index contributed by atoms with van der Waals surface area (Å²) < 4.78 is 0. The predicted molar refractivity (Wildman–Crippen MR) is 130 cm³/mol. The Morgan fingerprint density at radius 3 is 2.52 bits per heavy atom. The van der Waals surface area contributed by atoms with Crippen LogP contribution in [0.2, 0.25) is 0 Å². The van der Waals surface area contributed by atoms with Gasteiger partial charge in [0.1, 0.15) is 0 Å². The number of fused-ring (bicyclic) bond motifs is 5. The van der Waals surface area contributed by atoms with Gasteiger partial charge in [-0.05, 0) is 87.0 Å². The highest BCUT2D eigenvalue weighted by Crippen LogP contribution is 2.66. The molecule has 0 aromatic rings. The van der Waals surface area contributed by atoms with Crippen molar-refractivity contribution in [1.82, 2.24) is 5.32 Å². The first-order valence-electron chi connectivity index (χ1n) is 12.9. The highest BCUT2D eigenvalue weighted by atomic mass is 32.2. The zero-order chi connectivity index (χ0) is 22.4. The molecule has 0 saturated heterocycles. The quantitative estimate of drug-likeness (QED) is 0.506. The standard InChI is InChI=1S/C27H43NO2S/c1-6-15-27(7-2,8-3)28-24(30)21-11-10-19-18-9-12-22-26(5,17-14-23(29)31-22)20(18)13-16-25(19,21)4/h14,17-22H,6-13,15-16H2,1-5H3,(H,28,30)/t18-,19-,20+,21?,22?,25-,26+/m0/s1. The SMILES string of the molecule is CCCC(CC)(CC)NC(=O)C1CC[C@H]2[C@@H]3CCC4SC(=O)C=C[C@]4(C)[C@@H]3CC[C@]12C. The molecule has 1 N–H and O–H groups in total. The molecule has 4 aliphatic rings. The van der Waals surface area contributed by atoms with Crippen molar-refractivity contribution in [2.24, 2.45) is 34.5 Å². The first-order valence-corrected chi connectivity index (χ1v) is 13.8. The van der Waals surface area contributed by atoms with Gasteiger partial charge in [0.05, 0.1) is 0 Å². The van der Waals surface area contributed by atoms with Crippen molar-refractivity contribution < 1.29 is 9.59 Å². The van der Waals surface area contributed by atoms with E-state index in [4.69, 9.17) is 0 Å². The van der Waals surface area contributed by atoms with Crippen LogP contribution in [0, 0.1) is 34.5 Å². The maximum atomic E-state index is 13.6. The number of allylic oxidation sites excluding steroid dienone is 1. The highest BCUT2D eigenvalue weighted by molar-refractivity contribution is 8.14. The normalized spacial score (nSPS) is 42.0. The van der Waals surface area contributed by atoms with E-state index in [-0.39, 0.29) is 27.4 Å². The molecule has 7 atom stereocenters. The summed E-state index contributed by atoms with van der Waals surface area (Å²) in [6.45, 7) is 11.5. The Hall–Kier alpha value is -0.770. The molecule has 3 aliphatic carbocycles. The van der Waals surface area contributed by atoms with Crippen molar-refractivity contribution in [2.45, 2.75) is 110 Å². The van der Waals surface area contributed by atoms with Gasteiger partial charge in [-0.25, -0.2) is 0 Å². The fourth-order valence-corrected chi connectivity index (χ4v) is 9.49. The van der Waals surface area contributed by atoms with Crippen molar-refractivity contribution in [3.05, 3.63) is 12.2 Å². The molecule has 1 heterocycles. The zero-order valence-corrected chi connectivity index (χ0v) is 21.2. The summed E-state index contributed by atoms with van der Waals surface area (Å²) in [7, 11) is 0. The zero-order valence-electron chi connectivity index (χ0n) is 20.3. The van der Waals surface area contributed by atoms with Gasteiger partial charge in [-0.3, -0.25) is 9.59 Å². The van der Waals surface area contributed by atoms with Crippen LogP contribution in [0.15, 0.2) is 12.2 Å². The number of carbonyl (C=O) groups excluding carboxylic acids is 2. The summed E-state index contributed by atoms with van der Waals surface area (Å²) in [6, 6.07) is 0. The molecule has 3 saturated carbocycles. The minimum absolute atomic E-state index is 0.0281. The number of hydrogen-bond acceptors (Lipinski definition) is 3. The van der Waals surface area contributed by atoms with Crippen molar-refractivity contribution >= 4 is 22.8 Å². The Morgan fingerprint density at radius 2 is 1.84 bits per heavy atom. The van der Waals surface area contributed by atoms with E-state index >= 15 is 0 Å². The summed E-state index contributed by atoms with van der Waals surface area (Å²) in [5.74, 6) is 2.51. The maximum absolute atomic E-state index is 13.6. The van der Waals surface area contributed by atoms with Crippen LogP contribution in [0.3, 0.4) is 0 Å². The summed E-state index contributed by atoms with van der Waals surface area (Å²) in [6.07, 6.45) is 15.3. The molecule has 3 nitrogen and oxygen atoms in total. The van der Waals surface area contributed by atoms with E-state index in [0.717, 1.165) is 44.9 Å². The Morgan fingerprint density at radius 1 is 1.10 bits per heavy atom. The molecular weight excluding hydrogens is 402 g/mol. The van der Waals surface area contributed by atoms with Crippen LogP contribution in [0.1, 0.15) is 98.8 Å². The van der Waals surface area contributed by atoms with Gasteiger partial charge in [-0.1, -0.05) is 58.9 Å². The van der Waals surface area contributed by atoms with Crippen molar-refractivity contribution in [3.8, 4) is 0 Å². The van der Waals surface area contributed by atoms with E-state index in [1.807, 2.05) is 6.08 Å². The molecule has 2 unspecified atom stereocenters. The molecule has 3 fully saturated rings. The van der Waals surface area contributed by atoms with Gasteiger partial charge >= 0.3 is 0 Å². The summed E-state index contributed by atoms with van der Waals surface area (Å²) in [5, 5.41) is 4.25.